The molecule has 3 aromatic rings. The number of nitriles is 1. The van der Waals surface area contributed by atoms with E-state index in [1.807, 2.05) is 48.3 Å². The largest absolute Gasteiger partial charge is 0.351 e. The molecule has 33 heavy (non-hydrogen) atoms. The average molecular weight is 441 g/mol. The zero-order valence-corrected chi connectivity index (χ0v) is 19.4. The Kier molecular flexibility index (Phi) is 6.20. The molecule has 5 nitrogen and oxygen atoms in total. The predicted molar refractivity (Wildman–Crippen MR) is 131 cm³/mol. The van der Waals surface area contributed by atoms with Gasteiger partial charge in [0.15, 0.2) is 0 Å². The fraction of sp³-hybridized carbons (Fsp3) is 0.429. The van der Waals surface area contributed by atoms with Crippen molar-refractivity contribution in [3.05, 3.63) is 70.9 Å². The monoisotopic (exact) mass is 440 g/mol. The lowest BCUT2D eigenvalue weighted by molar-refractivity contribution is 0.0664. The Morgan fingerprint density at radius 3 is 2.73 bits per heavy atom. The van der Waals surface area contributed by atoms with Crippen LogP contribution in [0.3, 0.4) is 0 Å². The summed E-state index contributed by atoms with van der Waals surface area (Å²) in [5.74, 6) is 0.836. The summed E-state index contributed by atoms with van der Waals surface area (Å²) >= 11 is 0. The van der Waals surface area contributed by atoms with Gasteiger partial charge in [-0.25, -0.2) is 0 Å². The van der Waals surface area contributed by atoms with Crippen molar-refractivity contribution in [2.45, 2.75) is 51.1 Å². The van der Waals surface area contributed by atoms with Gasteiger partial charge in [-0.3, -0.25) is 9.69 Å². The van der Waals surface area contributed by atoms with Crippen LogP contribution in [0.4, 0.5) is 0 Å². The second-order valence-electron chi connectivity index (χ2n) is 9.77. The number of aromatic nitrogens is 1. The van der Waals surface area contributed by atoms with E-state index in [-0.39, 0.29) is 5.91 Å². The Labute approximate surface area is 196 Å². The summed E-state index contributed by atoms with van der Waals surface area (Å²) in [4.78, 5) is 20.8. The fourth-order valence-corrected chi connectivity index (χ4v) is 5.61. The van der Waals surface area contributed by atoms with Crippen LogP contribution in [0.5, 0.6) is 0 Å². The summed E-state index contributed by atoms with van der Waals surface area (Å²) in [6, 6.07) is 18.7. The second kappa shape index (κ2) is 9.41. The van der Waals surface area contributed by atoms with Gasteiger partial charge in [0.2, 0.25) is 0 Å². The molecule has 1 aromatic heterocycles. The molecule has 1 saturated carbocycles. The normalized spacial score (nSPS) is 20.8. The van der Waals surface area contributed by atoms with Gasteiger partial charge in [-0.15, -0.1) is 0 Å². The lowest BCUT2D eigenvalue weighted by atomic mass is 9.83. The highest BCUT2D eigenvalue weighted by molar-refractivity contribution is 5.98. The Bertz CT molecular complexity index is 1150. The number of benzene rings is 2. The quantitative estimate of drug-likeness (QED) is 0.599. The number of aromatic amines is 1. The second-order valence-corrected chi connectivity index (χ2v) is 9.77. The molecule has 0 saturated heterocycles. The zero-order valence-electron chi connectivity index (χ0n) is 19.4. The fourth-order valence-electron chi connectivity index (χ4n) is 5.61. The number of nitrogens with one attached hydrogen (secondary N) is 1. The first-order chi connectivity index (χ1) is 16.1. The Morgan fingerprint density at radius 2 is 1.94 bits per heavy atom. The number of carbonyl (C=O) groups excluding carboxylic acids is 1. The standard InChI is InChI=1S/C28H32N4O/c1-31(28(33)27-17-23-4-2-3-5-26(23)30-27)25-10-7-20(8-11-25)12-14-32-15-13-22-9-6-21(18-29)16-24(22)19-32/h2-6,9,16-17,20,25,30H,7-8,10-15,19H2,1H3. The van der Waals surface area contributed by atoms with E-state index < -0.39 is 0 Å². The number of H-pyrrole nitrogens is 1. The summed E-state index contributed by atoms with van der Waals surface area (Å²) in [5.41, 5.74) is 5.18. The average Bonchev–Trinajstić information content (AvgIpc) is 3.31. The van der Waals surface area contributed by atoms with E-state index in [1.165, 1.54) is 30.4 Å². The number of amides is 1. The van der Waals surface area contributed by atoms with Gasteiger partial charge in [0.05, 0.1) is 11.6 Å². The SMILES string of the molecule is CN(C(=O)c1cc2ccccc2[nH]1)C1CCC(CCN2CCc3ccc(C#N)cc3C2)CC1. The smallest absolute Gasteiger partial charge is 0.270 e. The van der Waals surface area contributed by atoms with Crippen LogP contribution in [0.2, 0.25) is 0 Å². The van der Waals surface area contributed by atoms with Gasteiger partial charge in [0.25, 0.3) is 5.91 Å². The number of carbonyl (C=O) groups is 1. The first kappa shape index (κ1) is 21.7. The molecule has 0 unspecified atom stereocenters. The van der Waals surface area contributed by atoms with E-state index in [9.17, 15) is 10.1 Å². The summed E-state index contributed by atoms with van der Waals surface area (Å²) in [5, 5.41) is 10.3. The predicted octanol–water partition coefficient (Wildman–Crippen LogP) is 5.12. The summed E-state index contributed by atoms with van der Waals surface area (Å²) in [6.07, 6.45) is 6.85. The first-order valence-corrected chi connectivity index (χ1v) is 12.2. The molecule has 1 amide bonds. The topological polar surface area (TPSA) is 63.1 Å². The van der Waals surface area contributed by atoms with Crippen LogP contribution < -0.4 is 0 Å². The molecule has 1 N–H and O–H groups in total. The third-order valence-electron chi connectivity index (χ3n) is 7.72. The highest BCUT2D eigenvalue weighted by atomic mass is 16.2. The number of hydrogen-bond acceptors (Lipinski definition) is 3. The summed E-state index contributed by atoms with van der Waals surface area (Å²) in [6.45, 7) is 3.19. The molecule has 2 heterocycles. The minimum atomic E-state index is 0.0957. The van der Waals surface area contributed by atoms with Gasteiger partial charge < -0.3 is 9.88 Å². The lowest BCUT2D eigenvalue weighted by Gasteiger charge is -2.36. The molecule has 5 heteroatoms. The number of fused-ring (bicyclic) bond motifs is 2. The first-order valence-electron chi connectivity index (χ1n) is 12.2. The van der Waals surface area contributed by atoms with Crippen molar-refractivity contribution >= 4 is 16.8 Å². The zero-order chi connectivity index (χ0) is 22.8. The number of nitrogens with zero attached hydrogens (tertiary/aromatic N) is 3. The van der Waals surface area contributed by atoms with Gasteiger partial charge in [0.1, 0.15) is 5.69 Å². The van der Waals surface area contributed by atoms with Crippen LogP contribution in [0.25, 0.3) is 10.9 Å². The number of para-hydroxylation sites is 1. The maximum atomic E-state index is 13.0. The number of hydrogen-bond donors (Lipinski definition) is 1. The van der Waals surface area contributed by atoms with E-state index in [0.29, 0.717) is 11.7 Å². The lowest BCUT2D eigenvalue weighted by Crippen LogP contribution is -2.40. The van der Waals surface area contributed by atoms with Crippen molar-refractivity contribution in [2.75, 3.05) is 20.1 Å². The van der Waals surface area contributed by atoms with E-state index in [0.717, 1.165) is 61.3 Å². The third-order valence-corrected chi connectivity index (χ3v) is 7.72. The van der Waals surface area contributed by atoms with Crippen LogP contribution >= 0.6 is 0 Å². The van der Waals surface area contributed by atoms with Gasteiger partial charge in [-0.1, -0.05) is 24.3 Å². The van der Waals surface area contributed by atoms with E-state index in [4.69, 9.17) is 0 Å². The summed E-state index contributed by atoms with van der Waals surface area (Å²) < 4.78 is 0. The van der Waals surface area contributed by atoms with E-state index >= 15 is 0 Å². The summed E-state index contributed by atoms with van der Waals surface area (Å²) in [7, 11) is 1.96. The minimum Gasteiger partial charge on any atom is -0.351 e. The molecule has 1 fully saturated rings. The maximum Gasteiger partial charge on any atom is 0.270 e. The molecule has 1 aliphatic carbocycles. The molecule has 0 atom stereocenters. The molecule has 0 bridgehead atoms. The Balaban J connectivity index is 1.11. The van der Waals surface area contributed by atoms with Gasteiger partial charge in [0, 0.05) is 37.1 Å². The minimum absolute atomic E-state index is 0.0957. The van der Waals surface area contributed by atoms with Crippen molar-refractivity contribution in [3.8, 4) is 6.07 Å². The highest BCUT2D eigenvalue weighted by Crippen LogP contribution is 2.31. The van der Waals surface area contributed by atoms with Crippen LogP contribution in [-0.2, 0) is 13.0 Å². The van der Waals surface area contributed by atoms with Crippen LogP contribution in [-0.4, -0.2) is 46.9 Å². The van der Waals surface area contributed by atoms with Crippen molar-refractivity contribution in [2.24, 2.45) is 5.92 Å². The van der Waals surface area contributed by atoms with Crippen molar-refractivity contribution in [3.63, 3.8) is 0 Å². The Hall–Kier alpha value is -3.10. The van der Waals surface area contributed by atoms with Crippen molar-refractivity contribution in [1.82, 2.24) is 14.8 Å². The molecular formula is C28H32N4O. The maximum absolute atomic E-state index is 13.0. The van der Waals surface area contributed by atoms with Crippen LogP contribution in [0, 0.1) is 17.2 Å². The van der Waals surface area contributed by atoms with Crippen LogP contribution in [0.15, 0.2) is 48.5 Å². The van der Waals surface area contributed by atoms with E-state index in [1.54, 1.807) is 0 Å². The highest BCUT2D eigenvalue weighted by Gasteiger charge is 2.28. The molecule has 2 aromatic carbocycles. The number of rotatable bonds is 5. The third kappa shape index (κ3) is 4.67. The molecule has 5 rings (SSSR count). The molecule has 0 radical (unpaired) electrons. The molecular weight excluding hydrogens is 408 g/mol. The molecule has 170 valence electrons. The van der Waals surface area contributed by atoms with Gasteiger partial charge in [-0.05, 0) is 86.4 Å². The van der Waals surface area contributed by atoms with Gasteiger partial charge in [-0.2, -0.15) is 5.26 Å². The van der Waals surface area contributed by atoms with Crippen LogP contribution in [0.1, 0.15) is 59.3 Å². The van der Waals surface area contributed by atoms with Crippen molar-refractivity contribution < 1.29 is 4.79 Å². The van der Waals surface area contributed by atoms with Gasteiger partial charge >= 0.3 is 0 Å². The Morgan fingerprint density at radius 1 is 1.12 bits per heavy atom. The molecule has 1 aliphatic heterocycles. The molecule has 2 aliphatic rings. The van der Waals surface area contributed by atoms with Crippen molar-refractivity contribution in [1.29, 1.82) is 5.26 Å². The molecule has 0 spiro atoms. The van der Waals surface area contributed by atoms with E-state index in [2.05, 4.69) is 28.1 Å².